The zero-order valence-electron chi connectivity index (χ0n) is 15.2. The number of hydrogen-bond acceptors (Lipinski definition) is 5. The van der Waals surface area contributed by atoms with Gasteiger partial charge in [-0.25, -0.2) is 9.97 Å². The van der Waals surface area contributed by atoms with Gasteiger partial charge in [-0.15, -0.1) is 0 Å². The summed E-state index contributed by atoms with van der Waals surface area (Å²) in [7, 11) is 1.65. The molecule has 2 N–H and O–H groups in total. The van der Waals surface area contributed by atoms with Crippen molar-refractivity contribution in [2.75, 3.05) is 12.4 Å². The molecule has 0 aliphatic heterocycles. The van der Waals surface area contributed by atoms with Gasteiger partial charge in [-0.1, -0.05) is 0 Å². The molecule has 0 fully saturated rings. The molecule has 0 saturated carbocycles. The number of nitrogens with zero attached hydrogens (tertiary/aromatic N) is 3. The van der Waals surface area contributed by atoms with Gasteiger partial charge in [-0.3, -0.25) is 4.98 Å². The fourth-order valence-corrected chi connectivity index (χ4v) is 3.23. The number of benzene rings is 2. The number of methoxy groups -OCH3 is 1. The van der Waals surface area contributed by atoms with Crippen molar-refractivity contribution in [3.63, 3.8) is 0 Å². The molecule has 136 valence electrons. The second-order valence-corrected chi connectivity index (χ2v) is 6.42. The highest BCUT2D eigenvalue weighted by atomic mass is 16.5. The molecule has 0 aliphatic carbocycles. The second kappa shape index (κ2) is 6.66. The summed E-state index contributed by atoms with van der Waals surface area (Å²) in [5.74, 6) is 2.13. The van der Waals surface area contributed by atoms with Crippen LogP contribution in [0.3, 0.4) is 0 Å². The summed E-state index contributed by atoms with van der Waals surface area (Å²) in [6.45, 7) is 0. The number of ether oxygens (including phenoxy) is 1. The molecule has 2 aromatic carbocycles. The molecule has 3 heterocycles. The fourth-order valence-electron chi connectivity index (χ4n) is 3.23. The van der Waals surface area contributed by atoms with E-state index in [2.05, 4.69) is 21.4 Å². The smallest absolute Gasteiger partial charge is 0.162 e. The Morgan fingerprint density at radius 3 is 2.68 bits per heavy atom. The molecule has 6 nitrogen and oxygen atoms in total. The van der Waals surface area contributed by atoms with E-state index in [9.17, 15) is 0 Å². The molecule has 5 rings (SSSR count). The van der Waals surface area contributed by atoms with Crippen LogP contribution >= 0.6 is 0 Å². The van der Waals surface area contributed by atoms with Gasteiger partial charge in [0.1, 0.15) is 11.6 Å². The third-order valence-corrected chi connectivity index (χ3v) is 4.66. The van der Waals surface area contributed by atoms with E-state index in [1.165, 1.54) is 0 Å². The predicted octanol–water partition coefficient (Wildman–Crippen LogP) is 4.93. The maximum absolute atomic E-state index is 5.39. The van der Waals surface area contributed by atoms with Crippen LogP contribution in [0.25, 0.3) is 33.2 Å². The second-order valence-electron chi connectivity index (χ2n) is 6.42. The molecule has 0 bridgehead atoms. The zero-order chi connectivity index (χ0) is 18.9. The lowest BCUT2D eigenvalue weighted by molar-refractivity contribution is 0.415. The summed E-state index contributed by atoms with van der Waals surface area (Å²) >= 11 is 0. The average Bonchev–Trinajstić information content (AvgIpc) is 3.22. The number of aromatic amines is 1. The van der Waals surface area contributed by atoms with E-state index in [1.54, 1.807) is 19.5 Å². The van der Waals surface area contributed by atoms with Crippen LogP contribution in [0.15, 0.2) is 73.2 Å². The molecule has 0 saturated heterocycles. The number of hydrogen-bond donors (Lipinski definition) is 2. The van der Waals surface area contributed by atoms with Crippen molar-refractivity contribution in [1.82, 2.24) is 19.9 Å². The van der Waals surface area contributed by atoms with Crippen molar-refractivity contribution >= 4 is 33.3 Å². The first-order valence-electron chi connectivity index (χ1n) is 8.90. The minimum atomic E-state index is 0.644. The van der Waals surface area contributed by atoms with Gasteiger partial charge < -0.3 is 15.0 Å². The Hall–Kier alpha value is -3.93. The van der Waals surface area contributed by atoms with E-state index in [4.69, 9.17) is 14.7 Å². The van der Waals surface area contributed by atoms with E-state index in [1.807, 2.05) is 54.7 Å². The summed E-state index contributed by atoms with van der Waals surface area (Å²) in [5.41, 5.74) is 3.80. The van der Waals surface area contributed by atoms with Gasteiger partial charge in [0.25, 0.3) is 0 Å². The number of nitrogens with one attached hydrogen (secondary N) is 2. The van der Waals surface area contributed by atoms with Gasteiger partial charge in [0.15, 0.2) is 5.82 Å². The van der Waals surface area contributed by atoms with E-state index in [0.29, 0.717) is 5.82 Å². The molecule has 0 aliphatic rings. The molecule has 6 heteroatoms. The van der Waals surface area contributed by atoms with E-state index in [0.717, 1.165) is 44.6 Å². The van der Waals surface area contributed by atoms with Crippen molar-refractivity contribution < 1.29 is 4.74 Å². The maximum atomic E-state index is 5.39. The highest BCUT2D eigenvalue weighted by molar-refractivity contribution is 5.94. The summed E-state index contributed by atoms with van der Waals surface area (Å²) in [5, 5.41) is 5.48. The van der Waals surface area contributed by atoms with Gasteiger partial charge >= 0.3 is 0 Å². The number of pyridine rings is 1. The Morgan fingerprint density at radius 1 is 0.929 bits per heavy atom. The fraction of sp³-hybridized carbons (Fsp3) is 0.0455. The van der Waals surface area contributed by atoms with Crippen LogP contribution in [0.1, 0.15) is 0 Å². The first-order chi connectivity index (χ1) is 13.8. The van der Waals surface area contributed by atoms with Crippen molar-refractivity contribution in [2.45, 2.75) is 0 Å². The van der Waals surface area contributed by atoms with Crippen LogP contribution in [0, 0.1) is 0 Å². The Bertz CT molecular complexity index is 1280. The lowest BCUT2D eigenvalue weighted by Gasteiger charge is -2.12. The van der Waals surface area contributed by atoms with Crippen molar-refractivity contribution in [1.29, 1.82) is 0 Å². The summed E-state index contributed by atoms with van der Waals surface area (Å²) in [6.07, 6.45) is 5.41. The van der Waals surface area contributed by atoms with Crippen LogP contribution in [-0.2, 0) is 0 Å². The molecule has 0 unspecified atom stereocenters. The van der Waals surface area contributed by atoms with Crippen LogP contribution in [-0.4, -0.2) is 27.0 Å². The van der Waals surface area contributed by atoms with Gasteiger partial charge in [0, 0.05) is 46.1 Å². The normalized spacial score (nSPS) is 11.0. The molecule has 3 aromatic heterocycles. The van der Waals surface area contributed by atoms with Gasteiger partial charge in [-0.2, -0.15) is 0 Å². The highest BCUT2D eigenvalue weighted by Gasteiger charge is 2.11. The third kappa shape index (κ3) is 2.91. The third-order valence-electron chi connectivity index (χ3n) is 4.66. The van der Waals surface area contributed by atoms with Gasteiger partial charge in [0.05, 0.1) is 12.6 Å². The lowest BCUT2D eigenvalue weighted by Crippen LogP contribution is -2.00. The Morgan fingerprint density at radius 2 is 1.82 bits per heavy atom. The number of anilines is 2. The first kappa shape index (κ1) is 16.3. The molecule has 0 radical (unpaired) electrons. The molecular formula is C22H17N5O. The van der Waals surface area contributed by atoms with Crippen molar-refractivity contribution in [3.8, 4) is 17.1 Å². The topological polar surface area (TPSA) is 75.7 Å². The van der Waals surface area contributed by atoms with E-state index in [-0.39, 0.29) is 0 Å². The SMILES string of the molecule is COc1ccc2nc(-c3ccncc3)nc(Nc3ccc4[nH]ccc4c3)c2c1. The summed E-state index contributed by atoms with van der Waals surface area (Å²) in [4.78, 5) is 16.8. The van der Waals surface area contributed by atoms with Crippen LogP contribution in [0.4, 0.5) is 11.5 Å². The number of fused-ring (bicyclic) bond motifs is 2. The molecule has 5 aromatic rings. The van der Waals surface area contributed by atoms with E-state index < -0.39 is 0 Å². The van der Waals surface area contributed by atoms with E-state index >= 15 is 0 Å². The zero-order valence-corrected chi connectivity index (χ0v) is 15.2. The number of rotatable bonds is 4. The summed E-state index contributed by atoms with van der Waals surface area (Å²) in [6, 6.07) is 17.8. The molecular weight excluding hydrogens is 350 g/mol. The average molecular weight is 367 g/mol. The predicted molar refractivity (Wildman–Crippen MR) is 111 cm³/mol. The van der Waals surface area contributed by atoms with Crippen LogP contribution in [0.5, 0.6) is 5.75 Å². The van der Waals surface area contributed by atoms with Gasteiger partial charge in [-0.05, 0) is 54.6 Å². The Labute approximate surface area is 161 Å². The molecule has 0 spiro atoms. The Balaban J connectivity index is 1.67. The largest absolute Gasteiger partial charge is 0.497 e. The van der Waals surface area contributed by atoms with Crippen molar-refractivity contribution in [2.24, 2.45) is 0 Å². The van der Waals surface area contributed by atoms with Crippen LogP contribution < -0.4 is 10.1 Å². The minimum Gasteiger partial charge on any atom is -0.497 e. The number of H-pyrrole nitrogens is 1. The molecule has 28 heavy (non-hydrogen) atoms. The summed E-state index contributed by atoms with van der Waals surface area (Å²) < 4.78 is 5.39. The molecule has 0 amide bonds. The lowest BCUT2D eigenvalue weighted by atomic mass is 10.2. The highest BCUT2D eigenvalue weighted by Crippen LogP contribution is 2.30. The standard InChI is InChI=1S/C22H17N5O/c1-28-17-3-5-20-18(13-17)22(27-21(26-20)14-6-9-23-10-7-14)25-16-2-4-19-15(12-16)8-11-24-19/h2-13,24H,1H3,(H,25,26,27). The first-order valence-corrected chi connectivity index (χ1v) is 8.90. The molecule has 0 atom stereocenters. The van der Waals surface area contributed by atoms with Gasteiger partial charge in [0.2, 0.25) is 0 Å². The Kier molecular flexibility index (Phi) is 3.87. The quantitative estimate of drug-likeness (QED) is 0.471. The van der Waals surface area contributed by atoms with Crippen molar-refractivity contribution in [3.05, 3.63) is 73.2 Å². The number of aromatic nitrogens is 4. The monoisotopic (exact) mass is 367 g/mol. The van der Waals surface area contributed by atoms with Crippen LogP contribution in [0.2, 0.25) is 0 Å². The minimum absolute atomic E-state index is 0.644. The maximum Gasteiger partial charge on any atom is 0.162 e.